The molecule has 1 saturated carbocycles. The van der Waals surface area contributed by atoms with Crippen LogP contribution in [0.25, 0.3) is 11.1 Å². The summed E-state index contributed by atoms with van der Waals surface area (Å²) in [7, 11) is 0. The van der Waals surface area contributed by atoms with Crippen molar-refractivity contribution in [3.05, 3.63) is 173 Å². The van der Waals surface area contributed by atoms with Gasteiger partial charge in [-0.3, -0.25) is 14.4 Å². The second kappa shape index (κ2) is 10.1. The minimum Gasteiger partial charge on any atom is -0.478 e. The average Bonchev–Trinajstić information content (AvgIpc) is 3.62. The number of ketones is 1. The predicted octanol–water partition coefficient (Wildman–Crippen LogP) is 6.57. The minimum absolute atomic E-state index is 0.0437. The highest BCUT2D eigenvalue weighted by molar-refractivity contribution is 6.39. The van der Waals surface area contributed by atoms with Crippen LogP contribution in [0.3, 0.4) is 0 Å². The maximum Gasteiger partial charge on any atom is 0.335 e. The molecular weight excluding hydrogens is 574 g/mol. The molecule has 6 nitrogen and oxygen atoms in total. The van der Waals surface area contributed by atoms with Crippen molar-refractivity contribution >= 4 is 40.4 Å². The van der Waals surface area contributed by atoms with Crippen LogP contribution in [-0.4, -0.2) is 28.7 Å². The topological polar surface area (TPSA) is 91.8 Å². The lowest BCUT2D eigenvalue weighted by atomic mass is 9.59. The number of Topliss-reactive ketones (excluding diaryl/α,β-unsaturated/α-hetero) is 1. The van der Waals surface area contributed by atoms with Crippen LogP contribution in [-0.2, 0) is 25.2 Å². The van der Waals surface area contributed by atoms with Crippen LogP contribution in [0.4, 0.5) is 5.69 Å². The van der Waals surface area contributed by atoms with Gasteiger partial charge in [0.2, 0.25) is 11.8 Å². The second-order valence-electron chi connectivity index (χ2n) is 12.0. The van der Waals surface area contributed by atoms with Crippen LogP contribution in [0.2, 0.25) is 0 Å². The lowest BCUT2D eigenvalue weighted by Gasteiger charge is -2.39. The summed E-state index contributed by atoms with van der Waals surface area (Å²) in [6.07, 6.45) is 0. The van der Waals surface area contributed by atoms with Crippen molar-refractivity contribution in [1.29, 1.82) is 0 Å². The summed E-state index contributed by atoms with van der Waals surface area (Å²) in [5.41, 5.74) is 1.39. The lowest BCUT2D eigenvalue weighted by molar-refractivity contribution is -0.130. The van der Waals surface area contributed by atoms with Crippen LogP contribution >= 0.6 is 0 Å². The van der Waals surface area contributed by atoms with Gasteiger partial charge in [0, 0.05) is 0 Å². The van der Waals surface area contributed by atoms with Crippen molar-refractivity contribution < 1.29 is 24.3 Å². The van der Waals surface area contributed by atoms with E-state index in [-0.39, 0.29) is 17.0 Å². The number of nitrogens with zero attached hydrogens (tertiary/aromatic N) is 1. The number of rotatable bonds is 6. The Bertz CT molecular complexity index is 1970. The van der Waals surface area contributed by atoms with E-state index in [0.717, 1.165) is 16.0 Å². The minimum atomic E-state index is -1.51. The van der Waals surface area contributed by atoms with Gasteiger partial charge in [0.25, 0.3) is 0 Å². The van der Waals surface area contributed by atoms with E-state index in [1.165, 1.54) is 18.2 Å². The molecule has 0 spiro atoms. The maximum absolute atomic E-state index is 15.8. The molecule has 5 aromatic carbocycles. The van der Waals surface area contributed by atoms with Crippen LogP contribution in [0.15, 0.2) is 146 Å². The summed E-state index contributed by atoms with van der Waals surface area (Å²) in [6, 6.07) is 43.8. The van der Waals surface area contributed by atoms with Gasteiger partial charge >= 0.3 is 5.97 Å². The number of fused-ring (bicyclic) bond motifs is 5. The molecule has 3 aliphatic rings. The van der Waals surface area contributed by atoms with E-state index in [1.807, 2.05) is 121 Å². The first-order chi connectivity index (χ1) is 22.4. The lowest BCUT2D eigenvalue weighted by Crippen LogP contribution is -2.45. The second-order valence-corrected chi connectivity index (χ2v) is 12.0. The summed E-state index contributed by atoms with van der Waals surface area (Å²) >= 11 is 0. The Hall–Kier alpha value is -5.88. The standard InChI is InChI=1S/C40H27NO5/c42-35-33-34(36(43)41(35)30-23-13-18-27(24-30)37(44)45)40(29-21-11-4-12-22-29)32(26-16-7-2-8-17-26)31(25-14-5-1-6-15-25)39(33,38(40)46)28-19-9-3-10-20-28/h1-24,33-34H,(H,44,45)/t33-,34+,39-,40-/m1/s1. The van der Waals surface area contributed by atoms with E-state index in [4.69, 9.17) is 0 Å². The normalized spacial score (nSPS) is 24.9. The summed E-state index contributed by atoms with van der Waals surface area (Å²) in [5.74, 6) is -4.57. The third-order valence-electron chi connectivity index (χ3n) is 9.93. The number of carboxylic acid groups (broad SMARTS) is 1. The van der Waals surface area contributed by atoms with E-state index in [2.05, 4.69) is 0 Å². The highest BCUT2D eigenvalue weighted by Crippen LogP contribution is 2.74. The Morgan fingerprint density at radius 3 is 1.37 bits per heavy atom. The van der Waals surface area contributed by atoms with E-state index >= 15 is 4.79 Å². The third-order valence-corrected chi connectivity index (χ3v) is 9.93. The van der Waals surface area contributed by atoms with Gasteiger partial charge in [-0.2, -0.15) is 0 Å². The van der Waals surface area contributed by atoms with E-state index < -0.39 is 40.4 Å². The molecule has 0 aromatic heterocycles. The molecule has 4 atom stereocenters. The molecule has 2 amide bonds. The SMILES string of the molecule is O=C(O)c1cccc(N2C(=O)[C@@H]3[C@H](C2=O)[C@]2(c4ccccc4)C(=O)[C@]3(c3ccccc3)C(c3ccccc3)=C2c2ccccc2)c1. The zero-order chi connectivity index (χ0) is 31.6. The first-order valence-electron chi connectivity index (χ1n) is 15.2. The number of carbonyl (C=O) groups is 4. The summed E-state index contributed by atoms with van der Waals surface area (Å²) in [5, 5.41) is 9.74. The van der Waals surface area contributed by atoms with Crippen molar-refractivity contribution in [2.24, 2.45) is 11.8 Å². The van der Waals surface area contributed by atoms with Gasteiger partial charge in [-0.05, 0) is 51.6 Å². The maximum atomic E-state index is 15.8. The van der Waals surface area contributed by atoms with Gasteiger partial charge < -0.3 is 5.11 Å². The van der Waals surface area contributed by atoms with E-state index in [0.29, 0.717) is 22.3 Å². The highest BCUT2D eigenvalue weighted by Gasteiger charge is 2.82. The number of benzene rings is 5. The smallest absolute Gasteiger partial charge is 0.335 e. The molecule has 46 heavy (non-hydrogen) atoms. The summed E-state index contributed by atoms with van der Waals surface area (Å²) < 4.78 is 0. The number of carbonyl (C=O) groups excluding carboxylic acids is 3. The number of imide groups is 1. The average molecular weight is 602 g/mol. The monoisotopic (exact) mass is 601 g/mol. The number of hydrogen-bond donors (Lipinski definition) is 1. The molecule has 1 saturated heterocycles. The van der Waals surface area contributed by atoms with Gasteiger partial charge in [-0.15, -0.1) is 0 Å². The summed E-state index contributed by atoms with van der Waals surface area (Å²) in [4.78, 5) is 58.8. The molecule has 2 fully saturated rings. The predicted molar refractivity (Wildman–Crippen MR) is 174 cm³/mol. The molecule has 1 heterocycles. The fourth-order valence-corrected chi connectivity index (χ4v) is 8.37. The fraction of sp³-hybridized carbons (Fsp3) is 0.100. The molecule has 222 valence electrons. The van der Waals surface area contributed by atoms with Crippen LogP contribution in [0.5, 0.6) is 0 Å². The number of anilines is 1. The van der Waals surface area contributed by atoms with E-state index in [1.54, 1.807) is 6.07 Å². The van der Waals surface area contributed by atoms with Crippen LogP contribution in [0.1, 0.15) is 32.6 Å². The number of allylic oxidation sites excluding steroid dienone is 2. The Balaban J connectivity index is 1.53. The van der Waals surface area contributed by atoms with Gasteiger partial charge in [-0.25, -0.2) is 9.69 Å². The van der Waals surface area contributed by atoms with Crippen molar-refractivity contribution in [3.63, 3.8) is 0 Å². The molecular formula is C40H27NO5. The Kier molecular flexibility index (Phi) is 6.06. The number of hydrogen-bond acceptors (Lipinski definition) is 4. The molecule has 0 radical (unpaired) electrons. The van der Waals surface area contributed by atoms with Crippen LogP contribution in [0, 0.1) is 11.8 Å². The summed E-state index contributed by atoms with van der Waals surface area (Å²) in [6.45, 7) is 0. The molecule has 6 heteroatoms. The Morgan fingerprint density at radius 2 is 0.957 bits per heavy atom. The molecule has 2 aliphatic carbocycles. The van der Waals surface area contributed by atoms with Crippen LogP contribution < -0.4 is 4.90 Å². The quantitative estimate of drug-likeness (QED) is 0.222. The highest BCUT2D eigenvalue weighted by atomic mass is 16.4. The van der Waals surface area contributed by atoms with Crippen molar-refractivity contribution in [2.75, 3.05) is 4.90 Å². The van der Waals surface area contributed by atoms with Gasteiger partial charge in [-0.1, -0.05) is 127 Å². The van der Waals surface area contributed by atoms with Crippen molar-refractivity contribution in [1.82, 2.24) is 0 Å². The fourth-order valence-electron chi connectivity index (χ4n) is 8.37. The van der Waals surface area contributed by atoms with Gasteiger partial charge in [0.15, 0.2) is 5.78 Å². The number of amides is 2. The first-order valence-corrected chi connectivity index (χ1v) is 15.2. The van der Waals surface area contributed by atoms with Gasteiger partial charge in [0.05, 0.1) is 33.9 Å². The first kappa shape index (κ1) is 27.7. The van der Waals surface area contributed by atoms with E-state index in [9.17, 15) is 19.5 Å². The third kappa shape index (κ3) is 3.41. The zero-order valence-corrected chi connectivity index (χ0v) is 24.5. The van der Waals surface area contributed by atoms with Crippen molar-refractivity contribution in [3.8, 4) is 0 Å². The van der Waals surface area contributed by atoms with Gasteiger partial charge in [0.1, 0.15) is 0 Å². The molecule has 1 N–H and O–H groups in total. The largest absolute Gasteiger partial charge is 0.478 e. The molecule has 1 aliphatic heterocycles. The molecule has 0 unspecified atom stereocenters. The number of aromatic carboxylic acids is 1. The Morgan fingerprint density at radius 1 is 0.543 bits per heavy atom. The zero-order valence-electron chi connectivity index (χ0n) is 24.5. The molecule has 2 bridgehead atoms. The molecule has 5 aromatic rings. The number of carboxylic acids is 1. The molecule has 8 rings (SSSR count). The van der Waals surface area contributed by atoms with Crippen molar-refractivity contribution in [2.45, 2.75) is 10.8 Å². The Labute approximate surface area is 265 Å².